The van der Waals surface area contributed by atoms with Crippen molar-refractivity contribution in [1.29, 1.82) is 0 Å². The lowest BCUT2D eigenvalue weighted by Gasteiger charge is -2.54. The Morgan fingerprint density at radius 1 is 1.11 bits per heavy atom. The lowest BCUT2D eigenvalue weighted by molar-refractivity contribution is -0.120. The first kappa shape index (κ1) is 26.1. The molecule has 9 nitrogen and oxygen atoms in total. The highest BCUT2D eigenvalue weighted by atomic mass is 16.5. The highest BCUT2D eigenvalue weighted by Gasteiger charge is 2.48. The Hall–Kier alpha value is -2.55. The molecule has 1 aromatic heterocycles. The summed E-state index contributed by atoms with van der Waals surface area (Å²) < 4.78 is 13.3. The van der Waals surface area contributed by atoms with Crippen molar-refractivity contribution in [2.24, 2.45) is 35.3 Å². The van der Waals surface area contributed by atoms with Gasteiger partial charge in [0, 0.05) is 19.1 Å². The molecule has 5 fully saturated rings. The summed E-state index contributed by atoms with van der Waals surface area (Å²) in [4.78, 5) is 25.9. The Kier molecular flexibility index (Phi) is 8.37. The number of nitrogens with two attached hydrogens (primary N) is 1. The van der Waals surface area contributed by atoms with Gasteiger partial charge in [0.2, 0.25) is 5.88 Å². The molecule has 0 aromatic carbocycles. The summed E-state index contributed by atoms with van der Waals surface area (Å²) in [5.41, 5.74) is 5.97. The van der Waals surface area contributed by atoms with Gasteiger partial charge in [0.15, 0.2) is 5.76 Å². The third-order valence-corrected chi connectivity index (χ3v) is 9.06. The minimum Gasteiger partial charge on any atom is -0.491 e. The molecule has 5 aliphatic rings. The van der Waals surface area contributed by atoms with E-state index in [-0.39, 0.29) is 30.2 Å². The van der Waals surface area contributed by atoms with Gasteiger partial charge in [-0.2, -0.15) is 5.10 Å². The zero-order chi connectivity index (χ0) is 25.8. The van der Waals surface area contributed by atoms with E-state index in [9.17, 15) is 9.59 Å². The number of nitrogens with one attached hydrogen (secondary N) is 2. The standard InChI is InChI=1S/C28H43N5O4/c1-36-24(27(35)30-9-8-29)7-10-33-28(37-17-18-5-3-2-4-6-18)23(16-31-33)26(34)32-25-21-12-19-11-20(14-21)15-22(25)13-19/h7,16,18-22,25H,2-6,8-15,17,29H2,1H3,(H,30,35)(H,32,34)/b24-7-. The molecular formula is C28H43N5O4. The van der Waals surface area contributed by atoms with Crippen molar-refractivity contribution >= 4 is 11.8 Å². The van der Waals surface area contributed by atoms with Crippen molar-refractivity contribution in [1.82, 2.24) is 20.4 Å². The number of methoxy groups -OCH3 is 1. The molecule has 4 N–H and O–H groups in total. The number of nitrogens with zero attached hydrogens (tertiary/aromatic N) is 2. The van der Waals surface area contributed by atoms with Gasteiger partial charge in [-0.15, -0.1) is 0 Å². The Morgan fingerprint density at radius 2 is 1.81 bits per heavy atom. The van der Waals surface area contributed by atoms with Crippen LogP contribution >= 0.6 is 0 Å². The summed E-state index contributed by atoms with van der Waals surface area (Å²) in [6.07, 6.45) is 15.7. The van der Waals surface area contributed by atoms with E-state index in [4.69, 9.17) is 15.2 Å². The SMILES string of the molecule is CO/C(=C\Cn1ncc(C(=O)NC2C3CC4CC(C3)CC2C4)c1OCC1CCCCC1)C(=O)NCCN. The number of hydrogen-bond acceptors (Lipinski definition) is 6. The summed E-state index contributed by atoms with van der Waals surface area (Å²) in [6, 6.07) is 0.251. The Bertz CT molecular complexity index is 955. The fourth-order valence-electron chi connectivity index (χ4n) is 7.46. The van der Waals surface area contributed by atoms with Crippen LogP contribution in [-0.4, -0.2) is 54.4 Å². The van der Waals surface area contributed by atoms with Crippen LogP contribution in [0.1, 0.15) is 74.6 Å². The molecule has 37 heavy (non-hydrogen) atoms. The predicted molar refractivity (Wildman–Crippen MR) is 140 cm³/mol. The Balaban J connectivity index is 1.31. The molecule has 1 heterocycles. The zero-order valence-electron chi connectivity index (χ0n) is 22.1. The average Bonchev–Trinajstić information content (AvgIpc) is 3.31. The maximum Gasteiger partial charge on any atom is 0.286 e. The van der Waals surface area contributed by atoms with Gasteiger partial charge < -0.3 is 25.8 Å². The van der Waals surface area contributed by atoms with Gasteiger partial charge in [0.1, 0.15) is 5.56 Å². The number of aromatic nitrogens is 2. The summed E-state index contributed by atoms with van der Waals surface area (Å²) in [6.45, 7) is 1.54. The molecule has 0 aliphatic heterocycles. The maximum absolute atomic E-state index is 13.6. The quantitative estimate of drug-likeness (QED) is 0.309. The molecule has 0 saturated heterocycles. The molecule has 0 unspecified atom stereocenters. The highest BCUT2D eigenvalue weighted by Crippen LogP contribution is 2.53. The van der Waals surface area contributed by atoms with Gasteiger partial charge in [-0.3, -0.25) is 9.59 Å². The second kappa shape index (κ2) is 11.9. The van der Waals surface area contributed by atoms with Gasteiger partial charge in [0.25, 0.3) is 11.8 Å². The van der Waals surface area contributed by atoms with Gasteiger partial charge in [-0.1, -0.05) is 19.3 Å². The van der Waals surface area contributed by atoms with Crippen molar-refractivity contribution in [3.8, 4) is 5.88 Å². The average molecular weight is 514 g/mol. The second-order valence-corrected chi connectivity index (χ2v) is 11.6. The Morgan fingerprint density at radius 3 is 2.46 bits per heavy atom. The monoisotopic (exact) mass is 513 g/mol. The van der Waals surface area contributed by atoms with Crippen LogP contribution in [0.25, 0.3) is 0 Å². The molecular weight excluding hydrogens is 470 g/mol. The van der Waals surface area contributed by atoms with Crippen LogP contribution < -0.4 is 21.1 Å². The van der Waals surface area contributed by atoms with Gasteiger partial charge in [-0.25, -0.2) is 4.68 Å². The predicted octanol–water partition coefficient (Wildman–Crippen LogP) is 3.00. The molecule has 9 heteroatoms. The number of carbonyl (C=O) groups is 2. The van der Waals surface area contributed by atoms with Crippen LogP contribution in [0.3, 0.4) is 0 Å². The molecule has 4 bridgehead atoms. The zero-order valence-corrected chi connectivity index (χ0v) is 22.1. The molecule has 204 valence electrons. The third kappa shape index (κ3) is 5.97. The molecule has 6 rings (SSSR count). The molecule has 0 radical (unpaired) electrons. The van der Waals surface area contributed by atoms with Crippen LogP contribution in [-0.2, 0) is 16.1 Å². The van der Waals surface area contributed by atoms with Crippen molar-refractivity contribution < 1.29 is 19.1 Å². The number of rotatable bonds is 11. The highest BCUT2D eigenvalue weighted by molar-refractivity contribution is 5.96. The number of allylic oxidation sites excluding steroid dienone is 1. The van der Waals surface area contributed by atoms with E-state index in [1.807, 2.05) is 0 Å². The first-order valence-electron chi connectivity index (χ1n) is 14.3. The van der Waals surface area contributed by atoms with Crippen molar-refractivity contribution in [3.05, 3.63) is 23.6 Å². The van der Waals surface area contributed by atoms with Crippen molar-refractivity contribution in [2.75, 3.05) is 26.8 Å². The maximum atomic E-state index is 13.6. The van der Waals surface area contributed by atoms with Crippen molar-refractivity contribution in [3.63, 3.8) is 0 Å². The van der Waals surface area contributed by atoms with E-state index >= 15 is 0 Å². The normalized spacial score (nSPS) is 29.2. The van der Waals surface area contributed by atoms with E-state index in [0.29, 0.717) is 48.9 Å². The molecule has 5 aliphatic carbocycles. The first-order chi connectivity index (χ1) is 18.1. The van der Waals surface area contributed by atoms with E-state index in [1.165, 1.54) is 58.5 Å². The molecule has 0 atom stereocenters. The van der Waals surface area contributed by atoms with Crippen LogP contribution in [0.5, 0.6) is 5.88 Å². The summed E-state index contributed by atoms with van der Waals surface area (Å²) in [7, 11) is 1.46. The smallest absolute Gasteiger partial charge is 0.286 e. The van der Waals surface area contributed by atoms with Gasteiger partial charge in [0.05, 0.1) is 26.5 Å². The van der Waals surface area contributed by atoms with Crippen LogP contribution in [0.15, 0.2) is 18.0 Å². The lowest BCUT2D eigenvalue weighted by atomic mass is 9.54. The largest absolute Gasteiger partial charge is 0.491 e. The molecule has 0 spiro atoms. The summed E-state index contributed by atoms with van der Waals surface area (Å²) >= 11 is 0. The molecule has 5 saturated carbocycles. The minimum absolute atomic E-state index is 0.0981. The van der Waals surface area contributed by atoms with E-state index in [2.05, 4.69) is 15.7 Å². The fourth-order valence-corrected chi connectivity index (χ4v) is 7.46. The molecule has 1 aromatic rings. The second-order valence-electron chi connectivity index (χ2n) is 11.6. The fraction of sp³-hybridized carbons (Fsp3) is 0.750. The number of amides is 2. The van der Waals surface area contributed by atoms with Gasteiger partial charge >= 0.3 is 0 Å². The van der Waals surface area contributed by atoms with Crippen LogP contribution in [0.2, 0.25) is 0 Å². The van der Waals surface area contributed by atoms with Gasteiger partial charge in [-0.05, 0) is 80.6 Å². The van der Waals surface area contributed by atoms with E-state index in [1.54, 1.807) is 17.0 Å². The number of ether oxygens (including phenoxy) is 2. The first-order valence-corrected chi connectivity index (χ1v) is 14.3. The van der Waals surface area contributed by atoms with Crippen LogP contribution in [0.4, 0.5) is 0 Å². The Labute approximate surface area is 219 Å². The topological polar surface area (TPSA) is 121 Å². The molecule has 2 amide bonds. The number of hydrogen-bond donors (Lipinski definition) is 3. The minimum atomic E-state index is -0.329. The summed E-state index contributed by atoms with van der Waals surface area (Å²) in [5, 5.41) is 10.6. The summed E-state index contributed by atoms with van der Waals surface area (Å²) in [5.74, 6) is 3.63. The number of carbonyl (C=O) groups excluding carboxylic acids is 2. The lowest BCUT2D eigenvalue weighted by Crippen LogP contribution is -2.55. The van der Waals surface area contributed by atoms with E-state index < -0.39 is 0 Å². The van der Waals surface area contributed by atoms with E-state index in [0.717, 1.165) is 24.7 Å². The van der Waals surface area contributed by atoms with Crippen molar-refractivity contribution in [2.45, 2.75) is 76.8 Å². The van der Waals surface area contributed by atoms with Crippen LogP contribution in [0, 0.1) is 29.6 Å². The third-order valence-electron chi connectivity index (χ3n) is 9.06.